The van der Waals surface area contributed by atoms with Gasteiger partial charge in [0, 0.05) is 22.4 Å². The molecular formula is C39H30FN3O2. The molecule has 6 aromatic rings. The number of anilines is 1. The van der Waals surface area contributed by atoms with Gasteiger partial charge >= 0.3 is 0 Å². The summed E-state index contributed by atoms with van der Waals surface area (Å²) in [6, 6.07) is 37.3. The molecule has 0 saturated carbocycles. The van der Waals surface area contributed by atoms with Crippen LogP contribution in [0.15, 0.2) is 121 Å². The Kier molecular flexibility index (Phi) is 7.18. The van der Waals surface area contributed by atoms with Crippen molar-refractivity contribution in [2.75, 3.05) is 4.90 Å². The number of hydrogen-bond donors (Lipinski definition) is 0. The largest absolute Gasteiger partial charge is 0.464 e. The monoisotopic (exact) mass is 591 g/mol. The maximum Gasteiger partial charge on any atom is 0.267 e. The number of hydrogen-bond acceptors (Lipinski definition) is 4. The summed E-state index contributed by atoms with van der Waals surface area (Å²) in [6.07, 6.45) is -0.864. The molecule has 5 nitrogen and oxygen atoms in total. The molecule has 0 saturated heterocycles. The van der Waals surface area contributed by atoms with Gasteiger partial charge in [0.15, 0.2) is 0 Å². The topological polar surface area (TPSA) is 55.3 Å². The van der Waals surface area contributed by atoms with Crippen LogP contribution in [0.3, 0.4) is 0 Å². The maximum absolute atomic E-state index is 15.1. The zero-order chi connectivity index (χ0) is 31.1. The summed E-state index contributed by atoms with van der Waals surface area (Å²) in [7, 11) is 0. The van der Waals surface area contributed by atoms with E-state index < -0.39 is 6.23 Å². The summed E-state index contributed by atoms with van der Waals surface area (Å²) in [4.78, 5) is 26.9. The van der Waals surface area contributed by atoms with Crippen LogP contribution in [0.4, 0.5) is 10.1 Å². The SMILES string of the molecule is Cc1ccc(C2=C(c3nc4ccccc4nc3-c3ccc(C)cc3)C(=O)N(c3ccc(C)cc3)C(c3ccc(F)cc3)O2)cc1. The van der Waals surface area contributed by atoms with Crippen molar-refractivity contribution in [3.63, 3.8) is 0 Å². The van der Waals surface area contributed by atoms with Crippen LogP contribution in [-0.2, 0) is 9.53 Å². The van der Waals surface area contributed by atoms with Gasteiger partial charge in [-0.15, -0.1) is 0 Å². The van der Waals surface area contributed by atoms with Crippen molar-refractivity contribution in [3.05, 3.63) is 161 Å². The van der Waals surface area contributed by atoms with E-state index in [9.17, 15) is 4.39 Å². The minimum absolute atomic E-state index is 0.298. The number of fused-ring (bicyclic) bond motifs is 1. The lowest BCUT2D eigenvalue weighted by atomic mass is 9.95. The van der Waals surface area contributed by atoms with Crippen LogP contribution in [0, 0.1) is 26.6 Å². The number of benzene rings is 5. The fraction of sp³-hybridized carbons (Fsp3) is 0.103. The molecule has 45 heavy (non-hydrogen) atoms. The number of ether oxygens (including phenoxy) is 1. The first-order chi connectivity index (χ1) is 21.9. The number of aromatic nitrogens is 2. The lowest BCUT2D eigenvalue weighted by Crippen LogP contribution is -2.41. The smallest absolute Gasteiger partial charge is 0.267 e. The van der Waals surface area contributed by atoms with Gasteiger partial charge < -0.3 is 4.74 Å². The average molecular weight is 592 g/mol. The first-order valence-corrected chi connectivity index (χ1v) is 14.8. The molecular weight excluding hydrogens is 561 g/mol. The van der Waals surface area contributed by atoms with Crippen molar-refractivity contribution in [2.24, 2.45) is 0 Å². The van der Waals surface area contributed by atoms with Crippen molar-refractivity contribution in [1.82, 2.24) is 9.97 Å². The molecule has 0 aliphatic carbocycles. The number of rotatable bonds is 5. The van der Waals surface area contributed by atoms with Gasteiger partial charge in [0.05, 0.1) is 16.7 Å². The molecule has 1 unspecified atom stereocenters. The van der Waals surface area contributed by atoms with E-state index in [1.165, 1.54) is 12.1 Å². The first-order valence-electron chi connectivity index (χ1n) is 14.8. The Bertz CT molecular complexity index is 2070. The van der Waals surface area contributed by atoms with E-state index in [-0.39, 0.29) is 11.7 Å². The molecule has 0 bridgehead atoms. The first kappa shape index (κ1) is 28.2. The fourth-order valence-electron chi connectivity index (χ4n) is 5.56. The van der Waals surface area contributed by atoms with E-state index in [1.54, 1.807) is 17.0 Å². The molecule has 6 heteroatoms. The molecule has 0 fully saturated rings. The molecule has 2 heterocycles. The van der Waals surface area contributed by atoms with Gasteiger partial charge in [-0.3, -0.25) is 9.69 Å². The molecule has 1 atom stereocenters. The highest BCUT2D eigenvalue weighted by molar-refractivity contribution is 6.33. The van der Waals surface area contributed by atoms with Crippen molar-refractivity contribution < 1.29 is 13.9 Å². The molecule has 0 radical (unpaired) electrons. The molecule has 5 aromatic carbocycles. The highest BCUT2D eigenvalue weighted by Gasteiger charge is 2.41. The average Bonchev–Trinajstić information content (AvgIpc) is 3.05. The molecule has 1 aliphatic rings. The summed E-state index contributed by atoms with van der Waals surface area (Å²) < 4.78 is 21.0. The summed E-state index contributed by atoms with van der Waals surface area (Å²) in [6.45, 7) is 6.04. The number of halogens is 1. The van der Waals surface area contributed by atoms with E-state index in [1.807, 2.05) is 118 Å². The Labute approximate surface area is 261 Å². The molecule has 1 aromatic heterocycles. The predicted molar refractivity (Wildman–Crippen MR) is 177 cm³/mol. The van der Waals surface area contributed by atoms with Crippen LogP contribution in [0.2, 0.25) is 0 Å². The predicted octanol–water partition coefficient (Wildman–Crippen LogP) is 8.99. The zero-order valence-electron chi connectivity index (χ0n) is 25.2. The van der Waals surface area contributed by atoms with E-state index in [0.717, 1.165) is 33.3 Å². The van der Waals surface area contributed by atoms with Crippen LogP contribution < -0.4 is 4.90 Å². The van der Waals surface area contributed by atoms with Crippen LogP contribution in [0.1, 0.15) is 39.7 Å². The zero-order valence-corrected chi connectivity index (χ0v) is 25.2. The quantitative estimate of drug-likeness (QED) is 0.201. The number of amides is 1. The van der Waals surface area contributed by atoms with Crippen molar-refractivity contribution in [1.29, 1.82) is 0 Å². The number of aryl methyl sites for hydroxylation is 3. The standard InChI is InChI=1S/C39H30FN3O2/c1-24-8-14-27(15-9-24)35-36(42-33-7-5-4-6-32(33)41-35)34-37(28-16-10-25(2)11-17-28)45-39(29-18-20-30(40)21-19-29)43(38(34)44)31-22-12-26(3)13-23-31/h4-23,39H,1-3H3. The highest BCUT2D eigenvalue weighted by atomic mass is 19.1. The van der Waals surface area contributed by atoms with Crippen molar-refractivity contribution >= 4 is 34.0 Å². The van der Waals surface area contributed by atoms with Crippen LogP contribution in [0.5, 0.6) is 0 Å². The minimum Gasteiger partial charge on any atom is -0.464 e. The number of carbonyl (C=O) groups is 1. The van der Waals surface area contributed by atoms with E-state index in [4.69, 9.17) is 14.7 Å². The summed E-state index contributed by atoms with van der Waals surface area (Å²) >= 11 is 0. The van der Waals surface area contributed by atoms with Gasteiger partial charge in [-0.1, -0.05) is 102 Å². The molecule has 1 amide bonds. The molecule has 1 aliphatic heterocycles. The lowest BCUT2D eigenvalue weighted by molar-refractivity contribution is -0.116. The Morgan fingerprint density at radius 2 is 1.13 bits per heavy atom. The molecule has 7 rings (SSSR count). The maximum atomic E-state index is 15.1. The number of para-hydroxylation sites is 2. The molecule has 0 N–H and O–H groups in total. The second kappa shape index (κ2) is 11.5. The van der Waals surface area contributed by atoms with Gasteiger partial charge in [-0.25, -0.2) is 14.4 Å². The van der Waals surface area contributed by atoms with Crippen LogP contribution >= 0.6 is 0 Å². The minimum atomic E-state index is -0.864. The Morgan fingerprint density at radius 1 is 0.622 bits per heavy atom. The van der Waals surface area contributed by atoms with E-state index >= 15 is 4.79 Å². The number of carbonyl (C=O) groups excluding carboxylic acids is 1. The summed E-state index contributed by atoms with van der Waals surface area (Å²) in [5.41, 5.74) is 8.76. The summed E-state index contributed by atoms with van der Waals surface area (Å²) in [5, 5.41) is 0. The Hall–Kier alpha value is -5.62. The van der Waals surface area contributed by atoms with Crippen LogP contribution in [0.25, 0.3) is 33.6 Å². The fourth-order valence-corrected chi connectivity index (χ4v) is 5.56. The third-order valence-corrected chi connectivity index (χ3v) is 8.04. The summed E-state index contributed by atoms with van der Waals surface area (Å²) in [5.74, 6) is -0.282. The van der Waals surface area contributed by atoms with Gasteiger partial charge in [0.1, 0.15) is 22.8 Å². The van der Waals surface area contributed by atoms with Gasteiger partial charge in [0.25, 0.3) is 5.91 Å². The second-order valence-corrected chi connectivity index (χ2v) is 11.4. The Morgan fingerprint density at radius 3 is 1.71 bits per heavy atom. The highest BCUT2D eigenvalue weighted by Crippen LogP contribution is 2.44. The number of nitrogens with zero attached hydrogens (tertiary/aromatic N) is 3. The van der Waals surface area contributed by atoms with Crippen LogP contribution in [-0.4, -0.2) is 15.9 Å². The van der Waals surface area contributed by atoms with Gasteiger partial charge in [-0.2, -0.15) is 0 Å². The normalized spacial score (nSPS) is 15.0. The van der Waals surface area contributed by atoms with Crippen molar-refractivity contribution in [3.8, 4) is 11.3 Å². The third kappa shape index (κ3) is 5.36. The Balaban J connectivity index is 1.54. The van der Waals surface area contributed by atoms with E-state index in [0.29, 0.717) is 39.5 Å². The van der Waals surface area contributed by atoms with Crippen molar-refractivity contribution in [2.45, 2.75) is 27.0 Å². The molecule has 220 valence electrons. The third-order valence-electron chi connectivity index (χ3n) is 8.04. The second-order valence-electron chi connectivity index (χ2n) is 11.4. The van der Waals surface area contributed by atoms with Gasteiger partial charge in [-0.05, 0) is 57.2 Å². The lowest BCUT2D eigenvalue weighted by Gasteiger charge is -2.38. The van der Waals surface area contributed by atoms with Gasteiger partial charge in [0.2, 0.25) is 6.23 Å². The molecule has 0 spiro atoms. The van der Waals surface area contributed by atoms with E-state index in [2.05, 4.69) is 0 Å².